The van der Waals surface area contributed by atoms with Gasteiger partial charge in [-0.3, -0.25) is 4.40 Å². The summed E-state index contributed by atoms with van der Waals surface area (Å²) in [6, 6.07) is 15.7. The number of hydrogen-bond acceptors (Lipinski definition) is 6. The fraction of sp³-hybridized carbons (Fsp3) is 0.167. The maximum atomic E-state index is 14.6. The van der Waals surface area contributed by atoms with E-state index in [1.165, 1.54) is 6.07 Å². The Balaban J connectivity index is 1.63. The van der Waals surface area contributed by atoms with Gasteiger partial charge >= 0.3 is 0 Å². The molecule has 2 aromatic heterocycles. The molecule has 7 nitrogen and oxygen atoms in total. The SMILES string of the molecule is CN(C)CCON=Cc1ccn2c(-c3ccc(F)c(-c4ccccc4C#N)c3)cnc2n1. The number of nitriles is 1. The number of oxime groups is 1. The van der Waals surface area contributed by atoms with Crippen molar-refractivity contribution < 1.29 is 9.23 Å². The summed E-state index contributed by atoms with van der Waals surface area (Å²) >= 11 is 0. The summed E-state index contributed by atoms with van der Waals surface area (Å²) in [5.41, 5.74) is 3.46. The van der Waals surface area contributed by atoms with Gasteiger partial charge in [0, 0.05) is 29.4 Å². The number of rotatable bonds is 7. The van der Waals surface area contributed by atoms with E-state index in [1.807, 2.05) is 29.6 Å². The minimum absolute atomic E-state index is 0.362. The normalized spacial score (nSPS) is 11.3. The molecule has 0 saturated carbocycles. The topological polar surface area (TPSA) is 78.8 Å². The maximum absolute atomic E-state index is 14.6. The lowest BCUT2D eigenvalue weighted by atomic mass is 9.97. The van der Waals surface area contributed by atoms with E-state index in [1.54, 1.807) is 54.9 Å². The highest BCUT2D eigenvalue weighted by Gasteiger charge is 2.14. The van der Waals surface area contributed by atoms with Gasteiger partial charge in [-0.05, 0) is 44.4 Å². The molecule has 0 radical (unpaired) electrons. The van der Waals surface area contributed by atoms with Crippen LogP contribution >= 0.6 is 0 Å². The Morgan fingerprint density at radius 2 is 2.03 bits per heavy atom. The third-order valence-electron chi connectivity index (χ3n) is 4.89. The van der Waals surface area contributed by atoms with Crippen molar-refractivity contribution >= 4 is 12.0 Å². The summed E-state index contributed by atoms with van der Waals surface area (Å²) < 4.78 is 16.4. The van der Waals surface area contributed by atoms with Crippen LogP contribution in [0, 0.1) is 17.1 Å². The molecule has 0 aliphatic carbocycles. The predicted molar refractivity (Wildman–Crippen MR) is 121 cm³/mol. The van der Waals surface area contributed by atoms with Gasteiger partial charge in [0.15, 0.2) is 0 Å². The third kappa shape index (κ3) is 4.48. The Bertz CT molecular complexity index is 1320. The predicted octanol–water partition coefficient (Wildman–Crippen LogP) is 3.99. The zero-order chi connectivity index (χ0) is 22.5. The van der Waals surface area contributed by atoms with E-state index < -0.39 is 5.82 Å². The quantitative estimate of drug-likeness (QED) is 0.253. The second-order valence-electron chi connectivity index (χ2n) is 7.39. The van der Waals surface area contributed by atoms with Crippen LogP contribution in [0.2, 0.25) is 0 Å². The summed E-state index contributed by atoms with van der Waals surface area (Å²) in [5.74, 6) is 0.0942. The molecule has 0 amide bonds. The van der Waals surface area contributed by atoms with Crippen LogP contribution in [0.1, 0.15) is 11.3 Å². The van der Waals surface area contributed by atoms with Crippen molar-refractivity contribution in [3.8, 4) is 28.5 Å². The van der Waals surface area contributed by atoms with Crippen molar-refractivity contribution in [2.45, 2.75) is 0 Å². The van der Waals surface area contributed by atoms with Crippen LogP contribution in [-0.2, 0) is 4.84 Å². The molecule has 4 aromatic rings. The van der Waals surface area contributed by atoms with E-state index in [0.29, 0.717) is 34.8 Å². The minimum atomic E-state index is -0.392. The van der Waals surface area contributed by atoms with Crippen molar-refractivity contribution in [2.75, 3.05) is 27.2 Å². The van der Waals surface area contributed by atoms with E-state index in [-0.39, 0.29) is 0 Å². The first kappa shape index (κ1) is 21.2. The zero-order valence-electron chi connectivity index (χ0n) is 17.7. The van der Waals surface area contributed by atoms with Gasteiger partial charge in [-0.15, -0.1) is 0 Å². The third-order valence-corrected chi connectivity index (χ3v) is 4.89. The molecule has 0 saturated heterocycles. The fourth-order valence-electron chi connectivity index (χ4n) is 3.24. The molecule has 160 valence electrons. The van der Waals surface area contributed by atoms with Gasteiger partial charge in [-0.2, -0.15) is 5.26 Å². The van der Waals surface area contributed by atoms with Crippen LogP contribution in [0.3, 0.4) is 0 Å². The van der Waals surface area contributed by atoms with E-state index in [0.717, 1.165) is 17.8 Å². The number of likely N-dealkylation sites (N-methyl/N-ethyl adjacent to an activating group) is 1. The van der Waals surface area contributed by atoms with Crippen molar-refractivity contribution in [1.29, 1.82) is 5.26 Å². The first-order chi connectivity index (χ1) is 15.6. The number of nitrogens with zero attached hydrogens (tertiary/aromatic N) is 6. The zero-order valence-corrected chi connectivity index (χ0v) is 17.7. The molecule has 0 bridgehead atoms. The second-order valence-corrected chi connectivity index (χ2v) is 7.39. The molecule has 4 rings (SSSR count). The number of halogens is 1. The summed E-state index contributed by atoms with van der Waals surface area (Å²) in [6.07, 6.45) is 5.06. The molecular weight excluding hydrogens is 407 g/mol. The van der Waals surface area contributed by atoms with E-state index >= 15 is 0 Å². The van der Waals surface area contributed by atoms with Crippen LogP contribution in [0.5, 0.6) is 0 Å². The molecule has 0 unspecified atom stereocenters. The molecule has 0 fully saturated rings. The van der Waals surface area contributed by atoms with Gasteiger partial charge in [-0.1, -0.05) is 23.4 Å². The number of fused-ring (bicyclic) bond motifs is 1. The first-order valence-electron chi connectivity index (χ1n) is 10.0. The van der Waals surface area contributed by atoms with Crippen molar-refractivity contribution in [3.63, 3.8) is 0 Å². The van der Waals surface area contributed by atoms with Gasteiger partial charge in [0.1, 0.15) is 12.4 Å². The van der Waals surface area contributed by atoms with Crippen LogP contribution in [0.25, 0.3) is 28.2 Å². The molecule has 0 aliphatic heterocycles. The van der Waals surface area contributed by atoms with E-state index in [4.69, 9.17) is 4.84 Å². The van der Waals surface area contributed by atoms with E-state index in [9.17, 15) is 9.65 Å². The summed E-state index contributed by atoms with van der Waals surface area (Å²) in [6.45, 7) is 1.26. The molecular formula is C24H21FN6O. The Kier molecular flexibility index (Phi) is 6.19. The summed E-state index contributed by atoms with van der Waals surface area (Å²) in [4.78, 5) is 16.1. The first-order valence-corrected chi connectivity index (χ1v) is 10.0. The molecule has 0 spiro atoms. The smallest absolute Gasteiger partial charge is 0.234 e. The molecule has 0 N–H and O–H groups in total. The summed E-state index contributed by atoms with van der Waals surface area (Å²) in [7, 11) is 3.93. The molecule has 0 aliphatic rings. The highest BCUT2D eigenvalue weighted by Crippen LogP contribution is 2.31. The number of imidazole rings is 1. The number of aromatic nitrogens is 3. The van der Waals surface area contributed by atoms with Gasteiger partial charge in [0.25, 0.3) is 0 Å². The maximum Gasteiger partial charge on any atom is 0.234 e. The van der Waals surface area contributed by atoms with E-state index in [2.05, 4.69) is 21.2 Å². The van der Waals surface area contributed by atoms with Crippen LogP contribution in [0.15, 0.2) is 66.1 Å². The fourth-order valence-corrected chi connectivity index (χ4v) is 3.24. The van der Waals surface area contributed by atoms with Crippen molar-refractivity contribution in [2.24, 2.45) is 5.16 Å². The molecule has 8 heteroatoms. The van der Waals surface area contributed by atoms with Crippen molar-refractivity contribution in [1.82, 2.24) is 19.3 Å². The highest BCUT2D eigenvalue weighted by molar-refractivity contribution is 5.78. The Morgan fingerprint density at radius 1 is 1.19 bits per heavy atom. The molecule has 0 atom stereocenters. The summed E-state index contributed by atoms with van der Waals surface area (Å²) in [5, 5.41) is 13.3. The monoisotopic (exact) mass is 428 g/mol. The lowest BCUT2D eigenvalue weighted by Gasteiger charge is -2.09. The van der Waals surface area contributed by atoms with Gasteiger partial charge in [0.05, 0.1) is 35.4 Å². The molecule has 32 heavy (non-hydrogen) atoms. The van der Waals surface area contributed by atoms with Crippen LogP contribution in [0.4, 0.5) is 4.39 Å². The average molecular weight is 428 g/mol. The largest absolute Gasteiger partial charge is 0.394 e. The highest BCUT2D eigenvalue weighted by atomic mass is 19.1. The average Bonchev–Trinajstić information content (AvgIpc) is 3.22. The van der Waals surface area contributed by atoms with Gasteiger partial charge in [-0.25, -0.2) is 14.4 Å². The molecule has 2 aromatic carbocycles. The Hall–Kier alpha value is -4.09. The second kappa shape index (κ2) is 9.37. The lowest BCUT2D eigenvalue weighted by molar-refractivity contribution is 0.127. The lowest BCUT2D eigenvalue weighted by Crippen LogP contribution is -2.16. The van der Waals surface area contributed by atoms with Crippen molar-refractivity contribution in [3.05, 3.63) is 78.0 Å². The minimum Gasteiger partial charge on any atom is -0.394 e. The number of benzene rings is 2. The van der Waals surface area contributed by atoms with Crippen LogP contribution < -0.4 is 0 Å². The number of hydrogen-bond donors (Lipinski definition) is 0. The van der Waals surface area contributed by atoms with Gasteiger partial charge < -0.3 is 9.74 Å². The standard InChI is InChI=1S/C24H21FN6O/c1-30(2)11-12-32-28-15-19-9-10-31-23(16-27-24(31)29-19)17-7-8-22(25)21(13-17)20-6-4-3-5-18(20)14-26/h3-10,13,15-16H,11-12H2,1-2H3. The van der Waals surface area contributed by atoms with Crippen LogP contribution in [-0.4, -0.2) is 52.7 Å². The van der Waals surface area contributed by atoms with Gasteiger partial charge in [0.2, 0.25) is 5.78 Å². The Morgan fingerprint density at radius 3 is 2.84 bits per heavy atom. The molecule has 2 heterocycles. The Labute approximate surface area is 185 Å².